The SMILES string of the molecule is Cc1cc(N2CCN(C)CC2)ccc1Nc1ccc(-c2cn[nH]c2)n2ccnc12. The Kier molecular flexibility index (Phi) is 4.44. The maximum Gasteiger partial charge on any atom is 0.161 e. The third kappa shape index (κ3) is 3.34. The number of aromatic nitrogens is 4. The Morgan fingerprint density at radius 2 is 1.86 bits per heavy atom. The molecular formula is C22H25N7. The average Bonchev–Trinajstić information content (AvgIpc) is 3.42. The molecule has 1 fully saturated rings. The molecule has 7 heteroatoms. The van der Waals surface area contributed by atoms with Crippen LogP contribution in [0.15, 0.2) is 55.1 Å². The Morgan fingerprint density at radius 1 is 1.03 bits per heavy atom. The quantitative estimate of drug-likeness (QED) is 0.561. The van der Waals surface area contributed by atoms with Crippen LogP contribution in [0.1, 0.15) is 5.56 Å². The number of likely N-dealkylation sites (N-methyl/N-ethyl adjacent to an activating group) is 1. The molecule has 0 bridgehead atoms. The number of aryl methyl sites for hydroxylation is 1. The molecular weight excluding hydrogens is 362 g/mol. The number of imidazole rings is 1. The fraction of sp³-hybridized carbons (Fsp3) is 0.273. The molecule has 4 aromatic rings. The zero-order valence-electron chi connectivity index (χ0n) is 16.8. The van der Waals surface area contributed by atoms with E-state index >= 15 is 0 Å². The number of rotatable bonds is 4. The predicted molar refractivity (Wildman–Crippen MR) is 117 cm³/mol. The average molecular weight is 387 g/mol. The fourth-order valence-electron chi connectivity index (χ4n) is 3.93. The lowest BCUT2D eigenvalue weighted by atomic mass is 10.1. The maximum atomic E-state index is 4.57. The molecule has 29 heavy (non-hydrogen) atoms. The van der Waals surface area contributed by atoms with Crippen LogP contribution in [0, 0.1) is 6.92 Å². The van der Waals surface area contributed by atoms with Gasteiger partial charge in [-0.15, -0.1) is 0 Å². The number of H-pyrrole nitrogens is 1. The highest BCUT2D eigenvalue weighted by Crippen LogP contribution is 2.30. The maximum absolute atomic E-state index is 4.57. The third-order valence-electron chi connectivity index (χ3n) is 5.69. The van der Waals surface area contributed by atoms with Gasteiger partial charge < -0.3 is 15.1 Å². The van der Waals surface area contributed by atoms with Crippen molar-refractivity contribution in [3.63, 3.8) is 0 Å². The highest BCUT2D eigenvalue weighted by molar-refractivity contribution is 5.79. The molecule has 0 aliphatic carbocycles. The second kappa shape index (κ2) is 7.25. The Bertz CT molecular complexity index is 1120. The molecule has 1 saturated heterocycles. The lowest BCUT2D eigenvalue weighted by Crippen LogP contribution is -2.44. The minimum atomic E-state index is 0.895. The number of hydrogen-bond donors (Lipinski definition) is 2. The molecule has 4 heterocycles. The van der Waals surface area contributed by atoms with Crippen molar-refractivity contribution >= 4 is 22.7 Å². The van der Waals surface area contributed by atoms with Crippen molar-refractivity contribution in [3.05, 3.63) is 60.7 Å². The summed E-state index contributed by atoms with van der Waals surface area (Å²) >= 11 is 0. The van der Waals surface area contributed by atoms with Gasteiger partial charge in [-0.2, -0.15) is 5.10 Å². The number of piperazine rings is 1. The van der Waals surface area contributed by atoms with E-state index in [0.717, 1.165) is 54.5 Å². The lowest BCUT2D eigenvalue weighted by Gasteiger charge is -2.34. The van der Waals surface area contributed by atoms with Crippen LogP contribution in [0.3, 0.4) is 0 Å². The molecule has 0 saturated carbocycles. The summed E-state index contributed by atoms with van der Waals surface area (Å²) in [6.07, 6.45) is 7.52. The van der Waals surface area contributed by atoms with E-state index in [0.29, 0.717) is 0 Å². The van der Waals surface area contributed by atoms with Crippen LogP contribution in [0.25, 0.3) is 16.9 Å². The van der Waals surface area contributed by atoms with Gasteiger partial charge >= 0.3 is 0 Å². The van der Waals surface area contributed by atoms with E-state index in [4.69, 9.17) is 0 Å². The Labute approximate surface area is 170 Å². The van der Waals surface area contributed by atoms with Crippen LogP contribution >= 0.6 is 0 Å². The van der Waals surface area contributed by atoms with Crippen LogP contribution in [0.4, 0.5) is 17.1 Å². The summed E-state index contributed by atoms with van der Waals surface area (Å²) in [6.45, 7) is 6.53. The van der Waals surface area contributed by atoms with E-state index < -0.39 is 0 Å². The van der Waals surface area contributed by atoms with Gasteiger partial charge in [-0.3, -0.25) is 9.50 Å². The van der Waals surface area contributed by atoms with Crippen molar-refractivity contribution in [2.24, 2.45) is 0 Å². The van der Waals surface area contributed by atoms with Crippen molar-refractivity contribution in [2.45, 2.75) is 6.92 Å². The Morgan fingerprint density at radius 3 is 2.62 bits per heavy atom. The van der Waals surface area contributed by atoms with Gasteiger partial charge in [0.05, 0.1) is 17.6 Å². The number of hydrogen-bond acceptors (Lipinski definition) is 5. The van der Waals surface area contributed by atoms with E-state index in [1.54, 1.807) is 0 Å². The largest absolute Gasteiger partial charge is 0.369 e. The zero-order valence-corrected chi connectivity index (χ0v) is 16.8. The molecule has 0 radical (unpaired) electrons. The number of fused-ring (bicyclic) bond motifs is 1. The minimum Gasteiger partial charge on any atom is -0.369 e. The van der Waals surface area contributed by atoms with Crippen molar-refractivity contribution in [3.8, 4) is 11.3 Å². The second-order valence-electron chi connectivity index (χ2n) is 7.65. The minimum absolute atomic E-state index is 0.895. The van der Waals surface area contributed by atoms with E-state index in [1.807, 2.05) is 24.8 Å². The zero-order chi connectivity index (χ0) is 19.8. The van der Waals surface area contributed by atoms with Crippen molar-refractivity contribution in [2.75, 3.05) is 43.4 Å². The number of benzene rings is 1. The summed E-state index contributed by atoms with van der Waals surface area (Å²) in [5, 5.41) is 10.5. The molecule has 0 atom stereocenters. The highest BCUT2D eigenvalue weighted by Gasteiger charge is 2.15. The summed E-state index contributed by atoms with van der Waals surface area (Å²) in [6, 6.07) is 10.8. The van der Waals surface area contributed by atoms with Gasteiger partial charge in [0.15, 0.2) is 5.65 Å². The third-order valence-corrected chi connectivity index (χ3v) is 5.69. The van der Waals surface area contributed by atoms with Crippen LogP contribution < -0.4 is 10.2 Å². The lowest BCUT2D eigenvalue weighted by molar-refractivity contribution is 0.313. The van der Waals surface area contributed by atoms with Crippen LogP contribution in [-0.2, 0) is 0 Å². The summed E-state index contributed by atoms with van der Waals surface area (Å²) < 4.78 is 2.08. The van der Waals surface area contributed by atoms with Crippen LogP contribution in [0.5, 0.6) is 0 Å². The topological polar surface area (TPSA) is 64.5 Å². The van der Waals surface area contributed by atoms with E-state index in [1.165, 1.54) is 11.3 Å². The number of aromatic amines is 1. The van der Waals surface area contributed by atoms with Gasteiger partial charge in [0.1, 0.15) is 0 Å². The summed E-state index contributed by atoms with van der Waals surface area (Å²) in [4.78, 5) is 9.41. The van der Waals surface area contributed by atoms with Crippen LogP contribution in [-0.4, -0.2) is 57.7 Å². The van der Waals surface area contributed by atoms with E-state index in [2.05, 4.69) is 79.0 Å². The second-order valence-corrected chi connectivity index (χ2v) is 7.65. The van der Waals surface area contributed by atoms with E-state index in [9.17, 15) is 0 Å². The predicted octanol–water partition coefficient (Wildman–Crippen LogP) is 3.53. The molecule has 3 aromatic heterocycles. The molecule has 0 unspecified atom stereocenters. The first-order valence-corrected chi connectivity index (χ1v) is 9.95. The molecule has 7 nitrogen and oxygen atoms in total. The molecule has 1 aromatic carbocycles. The molecule has 1 aliphatic heterocycles. The van der Waals surface area contributed by atoms with Crippen molar-refractivity contribution < 1.29 is 0 Å². The Hall–Kier alpha value is -3.32. The molecule has 5 rings (SSSR count). The number of nitrogens with one attached hydrogen (secondary N) is 2. The first-order chi connectivity index (χ1) is 14.2. The van der Waals surface area contributed by atoms with Gasteiger partial charge in [0, 0.05) is 61.7 Å². The summed E-state index contributed by atoms with van der Waals surface area (Å²) in [5.74, 6) is 0. The smallest absolute Gasteiger partial charge is 0.161 e. The normalized spacial score (nSPS) is 15.2. The molecule has 2 N–H and O–H groups in total. The summed E-state index contributed by atoms with van der Waals surface area (Å²) in [7, 11) is 2.18. The van der Waals surface area contributed by atoms with Crippen molar-refractivity contribution in [1.82, 2.24) is 24.5 Å². The standard InChI is InChI=1S/C22H25N7/c1-16-13-18(28-11-9-27(2)10-12-28)3-4-19(16)26-20-5-6-21(17-14-24-25-15-17)29-8-7-23-22(20)29/h3-8,13-15,26H,9-12H2,1-2H3,(H,24,25). The van der Waals surface area contributed by atoms with Gasteiger partial charge in [0.2, 0.25) is 0 Å². The van der Waals surface area contributed by atoms with Gasteiger partial charge in [-0.05, 0) is 49.9 Å². The Balaban J connectivity index is 1.43. The van der Waals surface area contributed by atoms with E-state index in [-0.39, 0.29) is 0 Å². The number of anilines is 3. The molecule has 1 aliphatic rings. The first kappa shape index (κ1) is 17.8. The monoisotopic (exact) mass is 387 g/mol. The molecule has 148 valence electrons. The number of nitrogens with zero attached hydrogens (tertiary/aromatic N) is 5. The van der Waals surface area contributed by atoms with Gasteiger partial charge in [0.25, 0.3) is 0 Å². The van der Waals surface area contributed by atoms with Crippen molar-refractivity contribution in [1.29, 1.82) is 0 Å². The first-order valence-electron chi connectivity index (χ1n) is 9.95. The molecule has 0 amide bonds. The fourth-order valence-corrected chi connectivity index (χ4v) is 3.93. The number of pyridine rings is 1. The highest BCUT2D eigenvalue weighted by atomic mass is 15.2. The van der Waals surface area contributed by atoms with Crippen LogP contribution in [0.2, 0.25) is 0 Å². The molecule has 0 spiro atoms. The summed E-state index contributed by atoms with van der Waals surface area (Å²) in [5.41, 5.74) is 7.59. The van der Waals surface area contributed by atoms with Gasteiger partial charge in [-0.25, -0.2) is 4.98 Å². The van der Waals surface area contributed by atoms with Gasteiger partial charge in [-0.1, -0.05) is 0 Å².